The minimum absolute atomic E-state index is 0.00530. The normalized spacial score (nSPS) is 9.90. The first-order chi connectivity index (χ1) is 10.1. The van der Waals surface area contributed by atoms with E-state index in [2.05, 4.69) is 11.8 Å². The van der Waals surface area contributed by atoms with Gasteiger partial charge in [-0.2, -0.15) is 0 Å². The molecule has 0 fully saturated rings. The Hall–Kier alpha value is -1.76. The number of hydrogen-bond acceptors (Lipinski definition) is 1. The average Bonchev–Trinajstić information content (AvgIpc) is 2.46. The van der Waals surface area contributed by atoms with Crippen molar-refractivity contribution in [2.75, 3.05) is 5.88 Å². The summed E-state index contributed by atoms with van der Waals surface area (Å²) in [5, 5.41) is 0.292. The third-order valence-corrected chi connectivity index (χ3v) is 3.00. The van der Waals surface area contributed by atoms with Gasteiger partial charge < -0.3 is 4.74 Å². The van der Waals surface area contributed by atoms with Crippen LogP contribution >= 0.6 is 23.2 Å². The monoisotopic (exact) mass is 326 g/mol. The highest BCUT2D eigenvalue weighted by atomic mass is 35.5. The van der Waals surface area contributed by atoms with Crippen LogP contribution in [0.15, 0.2) is 36.4 Å². The van der Waals surface area contributed by atoms with E-state index in [0.29, 0.717) is 10.6 Å². The van der Waals surface area contributed by atoms with Gasteiger partial charge in [0, 0.05) is 16.1 Å². The molecule has 0 bridgehead atoms. The summed E-state index contributed by atoms with van der Waals surface area (Å²) in [4.78, 5) is 0. The van der Waals surface area contributed by atoms with Gasteiger partial charge in [-0.1, -0.05) is 29.5 Å². The summed E-state index contributed by atoms with van der Waals surface area (Å²) in [6.45, 7) is -0.105. The minimum atomic E-state index is -0.541. The van der Waals surface area contributed by atoms with Crippen LogP contribution in [0.1, 0.15) is 11.1 Å². The van der Waals surface area contributed by atoms with E-state index < -0.39 is 11.6 Å². The second-order valence-corrected chi connectivity index (χ2v) is 4.81. The highest BCUT2D eigenvalue weighted by Gasteiger charge is 2.07. The van der Waals surface area contributed by atoms with Gasteiger partial charge in [0.25, 0.3) is 0 Å². The van der Waals surface area contributed by atoms with Gasteiger partial charge in [0.1, 0.15) is 12.4 Å². The Morgan fingerprint density at radius 2 is 1.86 bits per heavy atom. The molecule has 0 radical (unpaired) electrons. The van der Waals surface area contributed by atoms with Crippen LogP contribution in [0.3, 0.4) is 0 Å². The predicted octanol–water partition coefficient (Wildman–Crippen LogP) is 4.79. The molecule has 0 saturated carbocycles. The third kappa shape index (κ3) is 4.35. The summed E-state index contributed by atoms with van der Waals surface area (Å²) < 4.78 is 32.6. The number of rotatable bonds is 3. The highest BCUT2D eigenvalue weighted by molar-refractivity contribution is 6.30. The van der Waals surface area contributed by atoms with Crippen molar-refractivity contribution in [3.63, 3.8) is 0 Å². The lowest BCUT2D eigenvalue weighted by molar-refractivity contribution is 0.284. The number of ether oxygens (including phenoxy) is 1. The molecule has 1 nitrogen and oxygen atoms in total. The smallest absolute Gasteiger partial charge is 0.165 e. The molecule has 0 aliphatic heterocycles. The summed E-state index contributed by atoms with van der Waals surface area (Å²) >= 11 is 11.1. The van der Waals surface area contributed by atoms with Crippen LogP contribution in [-0.2, 0) is 6.61 Å². The van der Waals surface area contributed by atoms with Crippen LogP contribution in [0.25, 0.3) is 0 Å². The van der Waals surface area contributed by atoms with Crippen molar-refractivity contribution in [3.8, 4) is 17.6 Å². The van der Waals surface area contributed by atoms with Crippen LogP contribution in [0, 0.1) is 23.5 Å². The standard InChI is InChI=1S/C16H10Cl2F2O/c17-7-1-2-11-3-6-14(19)16(8-11)21-10-12-4-5-13(18)9-15(12)20/h3-6,8-9H,7,10H2. The summed E-state index contributed by atoms with van der Waals surface area (Å²) in [5.41, 5.74) is 0.861. The fourth-order valence-corrected chi connectivity index (χ4v) is 1.85. The van der Waals surface area contributed by atoms with Gasteiger partial charge in [0.2, 0.25) is 0 Å². The van der Waals surface area contributed by atoms with Crippen molar-refractivity contribution < 1.29 is 13.5 Å². The van der Waals surface area contributed by atoms with Crippen LogP contribution in [-0.4, -0.2) is 5.88 Å². The molecule has 0 aromatic heterocycles. The fourth-order valence-electron chi connectivity index (χ4n) is 1.62. The predicted molar refractivity (Wildman–Crippen MR) is 79.7 cm³/mol. The Bertz CT molecular complexity index is 705. The van der Waals surface area contributed by atoms with Crippen molar-refractivity contribution >= 4 is 23.2 Å². The number of halogens is 4. The van der Waals surface area contributed by atoms with Gasteiger partial charge in [0.05, 0.1) is 5.88 Å². The number of hydrogen-bond donors (Lipinski definition) is 0. The second kappa shape index (κ2) is 7.31. The molecule has 0 aliphatic carbocycles. The van der Waals surface area contributed by atoms with Gasteiger partial charge >= 0.3 is 0 Å². The Labute approximate surface area is 131 Å². The van der Waals surface area contributed by atoms with Crippen LogP contribution in [0.2, 0.25) is 5.02 Å². The van der Waals surface area contributed by atoms with Gasteiger partial charge in [-0.25, -0.2) is 8.78 Å². The molecule has 2 aromatic carbocycles. The van der Waals surface area contributed by atoms with Crippen molar-refractivity contribution in [1.29, 1.82) is 0 Å². The zero-order chi connectivity index (χ0) is 15.2. The van der Waals surface area contributed by atoms with Crippen molar-refractivity contribution in [2.24, 2.45) is 0 Å². The summed E-state index contributed by atoms with van der Waals surface area (Å²) in [6.07, 6.45) is 0. The van der Waals surface area contributed by atoms with Gasteiger partial charge in [-0.15, -0.1) is 11.6 Å². The van der Waals surface area contributed by atoms with Crippen LogP contribution in [0.4, 0.5) is 8.78 Å². The highest BCUT2D eigenvalue weighted by Crippen LogP contribution is 2.21. The van der Waals surface area contributed by atoms with E-state index in [4.69, 9.17) is 27.9 Å². The van der Waals surface area contributed by atoms with Crippen molar-refractivity contribution in [2.45, 2.75) is 6.61 Å². The molecule has 0 heterocycles. The molecule has 2 rings (SSSR count). The lowest BCUT2D eigenvalue weighted by Crippen LogP contribution is -2.00. The molecule has 5 heteroatoms. The maximum atomic E-state index is 13.6. The Morgan fingerprint density at radius 1 is 1.05 bits per heavy atom. The summed E-state index contributed by atoms with van der Waals surface area (Å²) in [5.74, 6) is 4.57. The summed E-state index contributed by atoms with van der Waals surface area (Å²) in [6, 6.07) is 8.42. The van der Waals surface area contributed by atoms with Gasteiger partial charge in [-0.3, -0.25) is 0 Å². The number of alkyl halides is 1. The first-order valence-electron chi connectivity index (χ1n) is 6.01. The fraction of sp³-hybridized carbons (Fsp3) is 0.125. The zero-order valence-electron chi connectivity index (χ0n) is 10.8. The Kier molecular flexibility index (Phi) is 5.44. The molecular formula is C16H10Cl2F2O. The second-order valence-electron chi connectivity index (χ2n) is 4.11. The average molecular weight is 327 g/mol. The van der Waals surface area contributed by atoms with E-state index >= 15 is 0 Å². The van der Waals surface area contributed by atoms with E-state index in [-0.39, 0.29) is 23.8 Å². The molecule has 0 atom stereocenters. The molecule has 0 unspecified atom stereocenters. The Balaban J connectivity index is 2.15. The molecule has 0 amide bonds. The van der Waals surface area contributed by atoms with E-state index in [9.17, 15) is 8.78 Å². The van der Waals surface area contributed by atoms with Crippen molar-refractivity contribution in [3.05, 3.63) is 64.2 Å². The molecule has 0 saturated heterocycles. The SMILES string of the molecule is Fc1cc(Cl)ccc1COc1cc(C#CCCl)ccc1F. The van der Waals surface area contributed by atoms with Crippen molar-refractivity contribution in [1.82, 2.24) is 0 Å². The zero-order valence-corrected chi connectivity index (χ0v) is 12.3. The first-order valence-corrected chi connectivity index (χ1v) is 6.92. The van der Waals surface area contributed by atoms with Gasteiger partial charge in [0.15, 0.2) is 11.6 Å². The Morgan fingerprint density at radius 3 is 2.57 bits per heavy atom. The first kappa shape index (κ1) is 15.6. The quantitative estimate of drug-likeness (QED) is 0.582. The maximum absolute atomic E-state index is 13.6. The molecular weight excluding hydrogens is 317 g/mol. The van der Waals surface area contributed by atoms with Crippen LogP contribution < -0.4 is 4.74 Å². The summed E-state index contributed by atoms with van der Waals surface area (Å²) in [7, 11) is 0. The third-order valence-electron chi connectivity index (χ3n) is 2.63. The lowest BCUT2D eigenvalue weighted by atomic mass is 10.2. The lowest BCUT2D eigenvalue weighted by Gasteiger charge is -2.08. The molecule has 108 valence electrons. The minimum Gasteiger partial charge on any atom is -0.486 e. The van der Waals surface area contributed by atoms with Crippen LogP contribution in [0.5, 0.6) is 5.75 Å². The maximum Gasteiger partial charge on any atom is 0.165 e. The molecule has 21 heavy (non-hydrogen) atoms. The van der Waals surface area contributed by atoms with E-state index in [1.54, 1.807) is 6.07 Å². The molecule has 0 N–H and O–H groups in total. The largest absolute Gasteiger partial charge is 0.486 e. The van der Waals surface area contributed by atoms with E-state index in [1.807, 2.05) is 0 Å². The molecule has 0 aliphatic rings. The van der Waals surface area contributed by atoms with E-state index in [1.165, 1.54) is 30.3 Å². The number of benzene rings is 2. The molecule has 2 aromatic rings. The van der Waals surface area contributed by atoms with Gasteiger partial charge in [-0.05, 0) is 30.3 Å². The topological polar surface area (TPSA) is 9.23 Å². The van der Waals surface area contributed by atoms with E-state index in [0.717, 1.165) is 0 Å². The molecule has 0 spiro atoms.